The molecule has 1 aromatic heterocycles. The number of hydrogen-bond acceptors (Lipinski definition) is 4. The van der Waals surface area contributed by atoms with Gasteiger partial charge in [0.1, 0.15) is 6.67 Å². The molecule has 1 N–H and O–H groups in total. The Kier molecular flexibility index (Phi) is 1.22. The van der Waals surface area contributed by atoms with Crippen LogP contribution < -0.4 is 5.06 Å². The minimum absolute atomic E-state index is 0.351. The lowest BCUT2D eigenvalue weighted by Gasteiger charge is -2.16. The average molecular weight is 154 g/mol. The molecule has 0 fully saturated rings. The molecule has 2 heterocycles. The van der Waals surface area contributed by atoms with Gasteiger partial charge in [-0.1, -0.05) is 0 Å². The van der Waals surface area contributed by atoms with Crippen LogP contribution in [-0.4, -0.2) is 18.1 Å². The molecule has 0 saturated carbocycles. The third kappa shape index (κ3) is 0.732. The van der Waals surface area contributed by atoms with E-state index in [0.29, 0.717) is 6.67 Å². The summed E-state index contributed by atoms with van der Waals surface area (Å²) in [6.45, 7) is 0.351. The summed E-state index contributed by atoms with van der Waals surface area (Å²) in [6.07, 6.45) is 1.78. The third-order valence-electron chi connectivity index (χ3n) is 1.38. The molecule has 2 rings (SSSR count). The fourth-order valence-corrected chi connectivity index (χ4v) is 1.67. The lowest BCUT2D eigenvalue weighted by molar-refractivity contribution is 0.257. The quantitative estimate of drug-likeness (QED) is 0.612. The van der Waals surface area contributed by atoms with E-state index in [2.05, 4.69) is 4.99 Å². The van der Waals surface area contributed by atoms with Crippen LogP contribution in [-0.2, 0) is 0 Å². The van der Waals surface area contributed by atoms with Gasteiger partial charge in [-0.3, -0.25) is 10.2 Å². The molecule has 0 radical (unpaired) electrons. The molecule has 1 aromatic rings. The molecular formula is C6H6N2OS. The van der Waals surface area contributed by atoms with E-state index < -0.39 is 0 Å². The lowest BCUT2D eigenvalue weighted by Crippen LogP contribution is -2.21. The second kappa shape index (κ2) is 2.07. The van der Waals surface area contributed by atoms with Crippen LogP contribution in [0, 0.1) is 0 Å². The number of anilines is 1. The molecular weight excluding hydrogens is 148 g/mol. The van der Waals surface area contributed by atoms with E-state index in [1.54, 1.807) is 17.6 Å². The van der Waals surface area contributed by atoms with E-state index >= 15 is 0 Å². The highest BCUT2D eigenvalue weighted by Gasteiger charge is 2.11. The lowest BCUT2D eigenvalue weighted by atomic mass is 10.4. The molecule has 0 atom stereocenters. The van der Waals surface area contributed by atoms with Crippen LogP contribution in [0.25, 0.3) is 0 Å². The summed E-state index contributed by atoms with van der Waals surface area (Å²) in [6, 6.07) is 1.88. The predicted molar refractivity (Wildman–Crippen MR) is 41.0 cm³/mol. The van der Waals surface area contributed by atoms with E-state index in [4.69, 9.17) is 0 Å². The molecule has 10 heavy (non-hydrogen) atoms. The van der Waals surface area contributed by atoms with Gasteiger partial charge in [0.2, 0.25) is 0 Å². The SMILES string of the molecule is ON1CN=Cc2sccc21. The minimum atomic E-state index is 0.351. The predicted octanol–water partition coefficient (Wildman–Crippen LogP) is 1.33. The Morgan fingerprint density at radius 2 is 2.60 bits per heavy atom. The first-order valence-corrected chi connectivity index (χ1v) is 3.79. The molecule has 0 unspecified atom stereocenters. The van der Waals surface area contributed by atoms with Gasteiger partial charge in [-0.2, -0.15) is 0 Å². The molecule has 0 spiro atoms. The van der Waals surface area contributed by atoms with Crippen molar-refractivity contribution in [2.24, 2.45) is 4.99 Å². The van der Waals surface area contributed by atoms with Gasteiger partial charge in [-0.15, -0.1) is 11.3 Å². The van der Waals surface area contributed by atoms with Gasteiger partial charge in [0, 0.05) is 6.21 Å². The van der Waals surface area contributed by atoms with Crippen molar-refractivity contribution in [2.45, 2.75) is 0 Å². The van der Waals surface area contributed by atoms with Crippen molar-refractivity contribution in [2.75, 3.05) is 11.7 Å². The molecule has 4 heteroatoms. The smallest absolute Gasteiger partial charge is 0.135 e. The Hall–Kier alpha value is -0.870. The van der Waals surface area contributed by atoms with E-state index in [0.717, 1.165) is 15.6 Å². The number of nitrogens with zero attached hydrogens (tertiary/aromatic N) is 2. The molecule has 52 valence electrons. The Morgan fingerprint density at radius 3 is 3.40 bits per heavy atom. The van der Waals surface area contributed by atoms with Crippen molar-refractivity contribution < 1.29 is 5.21 Å². The summed E-state index contributed by atoms with van der Waals surface area (Å²) in [5.74, 6) is 0. The summed E-state index contributed by atoms with van der Waals surface area (Å²) in [5, 5.41) is 12.3. The highest BCUT2D eigenvalue weighted by molar-refractivity contribution is 7.12. The normalized spacial score (nSPS) is 15.5. The van der Waals surface area contributed by atoms with Gasteiger partial charge in [0.05, 0.1) is 10.6 Å². The number of fused-ring (bicyclic) bond motifs is 1. The van der Waals surface area contributed by atoms with Gasteiger partial charge >= 0.3 is 0 Å². The molecule has 1 aliphatic heterocycles. The molecule has 0 bridgehead atoms. The fraction of sp³-hybridized carbons (Fsp3) is 0.167. The zero-order chi connectivity index (χ0) is 6.97. The first kappa shape index (κ1) is 5.88. The van der Waals surface area contributed by atoms with Crippen molar-refractivity contribution in [1.29, 1.82) is 0 Å². The molecule has 0 saturated heterocycles. The van der Waals surface area contributed by atoms with Crippen LogP contribution in [0.1, 0.15) is 4.88 Å². The van der Waals surface area contributed by atoms with Crippen LogP contribution in [0.15, 0.2) is 16.4 Å². The summed E-state index contributed by atoms with van der Waals surface area (Å²) >= 11 is 1.58. The Balaban J connectivity index is 2.52. The standard InChI is InChI=1S/C6H6N2OS/c9-8-4-7-3-6-5(8)1-2-10-6/h1-3,9H,4H2. The van der Waals surface area contributed by atoms with E-state index in [-0.39, 0.29) is 0 Å². The summed E-state index contributed by atoms with van der Waals surface area (Å²) in [7, 11) is 0. The van der Waals surface area contributed by atoms with Crippen molar-refractivity contribution in [3.63, 3.8) is 0 Å². The van der Waals surface area contributed by atoms with Crippen LogP contribution in [0.3, 0.4) is 0 Å². The number of aliphatic imine (C=N–C) groups is 1. The first-order valence-electron chi connectivity index (χ1n) is 2.91. The monoisotopic (exact) mass is 154 g/mol. The molecule has 0 amide bonds. The summed E-state index contributed by atoms with van der Waals surface area (Å²) in [5.41, 5.74) is 0.861. The van der Waals surface area contributed by atoms with E-state index in [1.165, 1.54) is 0 Å². The number of hydrogen-bond donors (Lipinski definition) is 1. The van der Waals surface area contributed by atoms with E-state index in [1.807, 2.05) is 11.4 Å². The average Bonchev–Trinajstić information content (AvgIpc) is 2.36. The van der Waals surface area contributed by atoms with Gasteiger partial charge in [-0.05, 0) is 11.4 Å². The summed E-state index contributed by atoms with van der Waals surface area (Å²) in [4.78, 5) is 4.96. The highest BCUT2D eigenvalue weighted by atomic mass is 32.1. The molecule has 1 aliphatic rings. The number of rotatable bonds is 0. The highest BCUT2D eigenvalue weighted by Crippen LogP contribution is 2.25. The molecule has 3 nitrogen and oxygen atoms in total. The fourth-order valence-electron chi connectivity index (χ4n) is 0.901. The maximum atomic E-state index is 9.18. The van der Waals surface area contributed by atoms with Crippen LogP contribution in [0.4, 0.5) is 5.69 Å². The summed E-state index contributed by atoms with van der Waals surface area (Å²) < 4.78 is 0. The second-order valence-corrected chi connectivity index (χ2v) is 2.97. The Morgan fingerprint density at radius 1 is 1.70 bits per heavy atom. The third-order valence-corrected chi connectivity index (χ3v) is 2.22. The first-order chi connectivity index (χ1) is 4.88. The van der Waals surface area contributed by atoms with E-state index in [9.17, 15) is 5.21 Å². The zero-order valence-corrected chi connectivity index (χ0v) is 6.01. The maximum absolute atomic E-state index is 9.18. The van der Waals surface area contributed by atoms with Crippen molar-refractivity contribution in [3.8, 4) is 0 Å². The van der Waals surface area contributed by atoms with Gasteiger partial charge in [0.15, 0.2) is 0 Å². The van der Waals surface area contributed by atoms with Crippen molar-refractivity contribution >= 4 is 23.2 Å². The Bertz CT molecular complexity index is 268. The number of thiophene rings is 1. The van der Waals surface area contributed by atoms with Crippen LogP contribution >= 0.6 is 11.3 Å². The van der Waals surface area contributed by atoms with Crippen molar-refractivity contribution in [1.82, 2.24) is 0 Å². The minimum Gasteiger partial charge on any atom is -0.287 e. The Labute approximate surface area is 62.2 Å². The topological polar surface area (TPSA) is 35.8 Å². The molecule has 0 aliphatic carbocycles. The van der Waals surface area contributed by atoms with Gasteiger partial charge in [0.25, 0.3) is 0 Å². The van der Waals surface area contributed by atoms with Gasteiger partial charge < -0.3 is 0 Å². The van der Waals surface area contributed by atoms with Crippen LogP contribution in [0.2, 0.25) is 0 Å². The zero-order valence-electron chi connectivity index (χ0n) is 5.19. The maximum Gasteiger partial charge on any atom is 0.135 e. The van der Waals surface area contributed by atoms with Crippen molar-refractivity contribution in [3.05, 3.63) is 16.3 Å². The van der Waals surface area contributed by atoms with Crippen LogP contribution in [0.5, 0.6) is 0 Å². The second-order valence-electron chi connectivity index (χ2n) is 2.02. The number of hydroxylamine groups is 1. The van der Waals surface area contributed by atoms with Gasteiger partial charge in [-0.25, -0.2) is 5.06 Å². The largest absolute Gasteiger partial charge is 0.287 e. The molecule has 0 aromatic carbocycles.